The highest BCUT2D eigenvalue weighted by atomic mass is 16.4. The van der Waals surface area contributed by atoms with Crippen molar-refractivity contribution >= 4 is 11.9 Å². The summed E-state index contributed by atoms with van der Waals surface area (Å²) >= 11 is 0. The fourth-order valence-electron chi connectivity index (χ4n) is 5.51. The number of oxime groups is 1. The summed E-state index contributed by atoms with van der Waals surface area (Å²) in [6, 6.07) is 27.0. The normalized spacial score (nSPS) is 22.1. The molecule has 4 N–H and O–H groups in total. The van der Waals surface area contributed by atoms with E-state index in [9.17, 15) is 9.90 Å². The van der Waals surface area contributed by atoms with Crippen molar-refractivity contribution in [3.05, 3.63) is 107 Å². The van der Waals surface area contributed by atoms with E-state index < -0.39 is 6.10 Å². The van der Waals surface area contributed by atoms with E-state index in [1.54, 1.807) is 6.07 Å². The van der Waals surface area contributed by atoms with Crippen LogP contribution in [0.25, 0.3) is 0 Å². The summed E-state index contributed by atoms with van der Waals surface area (Å²) in [5, 5.41) is 24.2. The molecule has 38 heavy (non-hydrogen) atoms. The fourth-order valence-corrected chi connectivity index (χ4v) is 5.51. The van der Waals surface area contributed by atoms with Crippen molar-refractivity contribution in [2.45, 2.75) is 56.8 Å². The zero-order chi connectivity index (χ0) is 26.5. The zero-order valence-corrected chi connectivity index (χ0v) is 21.6. The quantitative estimate of drug-likeness (QED) is 0.162. The lowest BCUT2D eigenvalue weighted by atomic mass is 9.88. The fraction of sp³-hybridized carbons (Fsp3) is 0.355. The third kappa shape index (κ3) is 6.00. The lowest BCUT2D eigenvalue weighted by Crippen LogP contribution is -2.66. The van der Waals surface area contributed by atoms with Crippen LogP contribution in [0.2, 0.25) is 0 Å². The third-order valence-corrected chi connectivity index (χ3v) is 7.78. The molecular formula is C31H36N4O3. The number of carbonyl (C=O) groups is 1. The van der Waals surface area contributed by atoms with Crippen LogP contribution >= 0.6 is 0 Å². The van der Waals surface area contributed by atoms with E-state index in [2.05, 4.69) is 17.3 Å². The van der Waals surface area contributed by atoms with Gasteiger partial charge in [-0.15, -0.1) is 0 Å². The summed E-state index contributed by atoms with van der Waals surface area (Å²) in [6.45, 7) is 1.00. The van der Waals surface area contributed by atoms with Crippen molar-refractivity contribution in [3.8, 4) is 0 Å². The molecule has 1 saturated heterocycles. The molecule has 1 aliphatic heterocycles. The molecule has 7 nitrogen and oxygen atoms in total. The number of nitrogens with two attached hydrogens (primary N) is 1. The molecule has 1 heterocycles. The Morgan fingerprint density at radius 2 is 1.53 bits per heavy atom. The van der Waals surface area contributed by atoms with Gasteiger partial charge in [-0.05, 0) is 60.8 Å². The van der Waals surface area contributed by atoms with Gasteiger partial charge in [-0.2, -0.15) is 0 Å². The van der Waals surface area contributed by atoms with E-state index >= 15 is 0 Å². The highest BCUT2D eigenvalue weighted by molar-refractivity contribution is 5.97. The Hall–Kier alpha value is -3.84. The van der Waals surface area contributed by atoms with Crippen LogP contribution in [0, 0.1) is 5.92 Å². The average Bonchev–Trinajstić information content (AvgIpc) is 3.78. The van der Waals surface area contributed by atoms with E-state index in [1.807, 2.05) is 76.5 Å². The monoisotopic (exact) mass is 512 g/mol. The van der Waals surface area contributed by atoms with Gasteiger partial charge in [-0.1, -0.05) is 84.0 Å². The second-order valence-corrected chi connectivity index (χ2v) is 10.5. The van der Waals surface area contributed by atoms with Crippen molar-refractivity contribution in [1.29, 1.82) is 0 Å². The molecule has 1 saturated carbocycles. The van der Waals surface area contributed by atoms with Crippen LogP contribution in [0.5, 0.6) is 0 Å². The molecule has 2 fully saturated rings. The Labute approximate surface area is 224 Å². The molecule has 0 unspecified atom stereocenters. The molecule has 0 aromatic heterocycles. The van der Waals surface area contributed by atoms with Crippen LogP contribution < -0.4 is 5.73 Å². The number of nitrogens with zero attached hydrogens (tertiary/aromatic N) is 3. The number of urea groups is 1. The number of hydrogen-bond donors (Lipinski definition) is 3. The van der Waals surface area contributed by atoms with Crippen molar-refractivity contribution in [2.24, 2.45) is 16.8 Å². The number of amidine groups is 1. The first-order valence-corrected chi connectivity index (χ1v) is 13.4. The maximum absolute atomic E-state index is 14.2. The van der Waals surface area contributed by atoms with Gasteiger partial charge in [0, 0.05) is 18.7 Å². The number of amides is 2. The van der Waals surface area contributed by atoms with E-state index in [-0.39, 0.29) is 24.0 Å². The Bertz CT molecular complexity index is 1250. The maximum Gasteiger partial charge on any atom is 0.321 e. The molecule has 3 aromatic rings. The van der Waals surface area contributed by atoms with E-state index in [1.165, 1.54) is 5.56 Å². The minimum atomic E-state index is -0.706. The highest BCUT2D eigenvalue weighted by Crippen LogP contribution is 2.35. The molecule has 7 heteroatoms. The second-order valence-electron chi connectivity index (χ2n) is 10.5. The molecule has 0 radical (unpaired) electrons. The number of rotatable bonds is 10. The molecule has 3 aromatic carbocycles. The maximum atomic E-state index is 14.2. The van der Waals surface area contributed by atoms with Crippen LogP contribution in [-0.4, -0.2) is 56.7 Å². The first kappa shape index (κ1) is 25.8. The second kappa shape index (κ2) is 11.7. The highest BCUT2D eigenvalue weighted by Gasteiger charge is 2.46. The van der Waals surface area contributed by atoms with Gasteiger partial charge in [0.15, 0.2) is 5.84 Å². The molecule has 0 bridgehead atoms. The number of aliphatic hydroxyl groups excluding tert-OH is 1. The van der Waals surface area contributed by atoms with Crippen LogP contribution in [-0.2, 0) is 19.4 Å². The average molecular weight is 513 g/mol. The lowest BCUT2D eigenvalue weighted by Gasteiger charge is -2.50. The SMILES string of the molecule is N/C(=N/O)c1cccc(CN2C(=O)N(CC3CC3)[C@H](CCc3ccccc3)[C@@H](O)[C@H]2Cc2ccccc2)c1. The number of hydrogen-bond acceptors (Lipinski definition) is 4. The number of carbonyl (C=O) groups excluding carboxylic acids is 1. The molecule has 198 valence electrons. The summed E-state index contributed by atoms with van der Waals surface area (Å²) < 4.78 is 0. The third-order valence-electron chi connectivity index (χ3n) is 7.78. The van der Waals surface area contributed by atoms with Gasteiger partial charge >= 0.3 is 6.03 Å². The molecular weight excluding hydrogens is 476 g/mol. The van der Waals surface area contributed by atoms with Crippen LogP contribution in [0.15, 0.2) is 90.1 Å². The molecule has 2 amide bonds. The minimum Gasteiger partial charge on any atom is -0.409 e. The lowest BCUT2D eigenvalue weighted by molar-refractivity contribution is -0.0438. The van der Waals surface area contributed by atoms with E-state index in [0.29, 0.717) is 37.4 Å². The summed E-state index contributed by atoms with van der Waals surface area (Å²) in [7, 11) is 0. The minimum absolute atomic E-state index is 0.0222. The molecule has 2 aliphatic rings. The topological polar surface area (TPSA) is 102 Å². The Morgan fingerprint density at radius 3 is 2.18 bits per heavy atom. The van der Waals surface area contributed by atoms with Crippen molar-refractivity contribution < 1.29 is 15.1 Å². The number of benzene rings is 3. The molecule has 3 atom stereocenters. The van der Waals surface area contributed by atoms with E-state index in [4.69, 9.17) is 10.9 Å². The Morgan fingerprint density at radius 1 is 0.868 bits per heavy atom. The van der Waals surface area contributed by atoms with Crippen LogP contribution in [0.1, 0.15) is 41.5 Å². The first-order valence-electron chi connectivity index (χ1n) is 13.4. The standard InChI is InChI=1S/C31H36N4O3/c32-30(33-38)26-13-7-12-25(18-26)21-35-28(19-23-10-5-2-6-11-23)29(36)27(17-16-22-8-3-1-4-9-22)34(31(35)37)20-24-14-15-24/h1-13,18,24,27-29,36,38H,14-17,19-21H2,(H2,32,33)/t27-,28-,29-/m1/s1. The Kier molecular flexibility index (Phi) is 7.94. The van der Waals surface area contributed by atoms with Gasteiger partial charge in [0.25, 0.3) is 0 Å². The zero-order valence-electron chi connectivity index (χ0n) is 21.6. The van der Waals surface area contributed by atoms with Gasteiger partial charge in [0.05, 0.1) is 18.2 Å². The smallest absolute Gasteiger partial charge is 0.321 e. The molecule has 1 aliphatic carbocycles. The predicted molar refractivity (Wildman–Crippen MR) is 148 cm³/mol. The first-order chi connectivity index (χ1) is 18.5. The summed E-state index contributed by atoms with van der Waals surface area (Å²) in [4.78, 5) is 17.9. The van der Waals surface area contributed by atoms with Crippen molar-refractivity contribution in [1.82, 2.24) is 9.80 Å². The van der Waals surface area contributed by atoms with Gasteiger partial charge in [0.2, 0.25) is 0 Å². The summed E-state index contributed by atoms with van der Waals surface area (Å²) in [5.74, 6) is 0.524. The van der Waals surface area contributed by atoms with Crippen molar-refractivity contribution in [3.63, 3.8) is 0 Å². The van der Waals surface area contributed by atoms with Gasteiger partial charge in [0.1, 0.15) is 0 Å². The van der Waals surface area contributed by atoms with Gasteiger partial charge in [-0.3, -0.25) is 0 Å². The van der Waals surface area contributed by atoms with Gasteiger partial charge in [-0.25, -0.2) is 4.79 Å². The molecule has 5 rings (SSSR count). The van der Waals surface area contributed by atoms with Gasteiger partial charge < -0.3 is 25.8 Å². The summed E-state index contributed by atoms with van der Waals surface area (Å²) in [5.41, 5.74) is 9.57. The van der Waals surface area contributed by atoms with Crippen LogP contribution in [0.4, 0.5) is 4.79 Å². The molecule has 0 spiro atoms. The summed E-state index contributed by atoms with van der Waals surface area (Å²) in [6.07, 6.45) is 3.62. The van der Waals surface area contributed by atoms with Crippen LogP contribution in [0.3, 0.4) is 0 Å². The van der Waals surface area contributed by atoms with E-state index in [0.717, 1.165) is 30.4 Å². The Balaban J connectivity index is 1.46. The number of aryl methyl sites for hydroxylation is 1. The predicted octanol–water partition coefficient (Wildman–Crippen LogP) is 4.40. The largest absolute Gasteiger partial charge is 0.409 e. The van der Waals surface area contributed by atoms with Crippen molar-refractivity contribution in [2.75, 3.05) is 6.54 Å². The number of aliphatic hydroxyl groups is 1.